The Bertz CT molecular complexity index is 443. The second-order valence-electron chi connectivity index (χ2n) is 4.85. The van der Waals surface area contributed by atoms with E-state index in [-0.39, 0.29) is 16.9 Å². The summed E-state index contributed by atoms with van der Waals surface area (Å²) >= 11 is 0. The standard InChI is InChI=1S/C13H22N2O2S/c1-11(2)12(3)18(16,17)8-7-15-10-13-5-4-6-14-9-13/h4-6,9,11-12,15H,7-8,10H2,1-3H3. The van der Waals surface area contributed by atoms with Gasteiger partial charge in [-0.3, -0.25) is 4.98 Å². The molecule has 0 saturated carbocycles. The molecule has 1 heterocycles. The minimum atomic E-state index is -2.99. The first kappa shape index (κ1) is 15.1. The molecule has 0 aliphatic heterocycles. The van der Waals surface area contributed by atoms with Gasteiger partial charge in [-0.15, -0.1) is 0 Å². The zero-order chi connectivity index (χ0) is 13.6. The molecule has 5 heteroatoms. The van der Waals surface area contributed by atoms with Gasteiger partial charge < -0.3 is 5.32 Å². The summed E-state index contributed by atoms with van der Waals surface area (Å²) in [6.07, 6.45) is 3.50. The first-order valence-corrected chi connectivity index (χ1v) is 7.96. The van der Waals surface area contributed by atoms with Crippen molar-refractivity contribution < 1.29 is 8.42 Å². The van der Waals surface area contributed by atoms with Crippen LogP contribution < -0.4 is 5.32 Å². The van der Waals surface area contributed by atoms with Crippen LogP contribution >= 0.6 is 0 Å². The van der Waals surface area contributed by atoms with Crippen molar-refractivity contribution in [2.24, 2.45) is 5.92 Å². The predicted molar refractivity (Wildman–Crippen MR) is 74.0 cm³/mol. The number of rotatable bonds is 7. The highest BCUT2D eigenvalue weighted by Gasteiger charge is 2.22. The molecule has 1 rings (SSSR count). The van der Waals surface area contributed by atoms with Crippen LogP contribution in [0.4, 0.5) is 0 Å². The smallest absolute Gasteiger partial charge is 0.154 e. The lowest BCUT2D eigenvalue weighted by atomic mass is 10.2. The van der Waals surface area contributed by atoms with Gasteiger partial charge in [0.25, 0.3) is 0 Å². The molecule has 1 N–H and O–H groups in total. The summed E-state index contributed by atoms with van der Waals surface area (Å²) in [5.74, 6) is 0.348. The van der Waals surface area contributed by atoms with E-state index < -0.39 is 9.84 Å². The third-order valence-electron chi connectivity index (χ3n) is 3.12. The molecule has 0 aliphatic carbocycles. The minimum absolute atomic E-state index is 0.160. The number of pyridine rings is 1. The Morgan fingerprint density at radius 3 is 2.61 bits per heavy atom. The van der Waals surface area contributed by atoms with E-state index in [4.69, 9.17) is 0 Å². The first-order chi connectivity index (χ1) is 8.43. The van der Waals surface area contributed by atoms with Crippen molar-refractivity contribution in [3.05, 3.63) is 30.1 Å². The molecule has 1 aromatic heterocycles. The van der Waals surface area contributed by atoms with E-state index in [1.54, 1.807) is 19.3 Å². The van der Waals surface area contributed by atoms with E-state index in [1.165, 1.54) is 0 Å². The summed E-state index contributed by atoms with van der Waals surface area (Å²) in [6.45, 7) is 6.78. The average molecular weight is 270 g/mol. The van der Waals surface area contributed by atoms with Gasteiger partial charge in [-0.05, 0) is 24.5 Å². The number of nitrogens with one attached hydrogen (secondary N) is 1. The summed E-state index contributed by atoms with van der Waals surface area (Å²) in [5, 5.41) is 2.85. The van der Waals surface area contributed by atoms with Gasteiger partial charge in [0, 0.05) is 25.5 Å². The highest BCUT2D eigenvalue weighted by atomic mass is 32.2. The lowest BCUT2D eigenvalue weighted by Gasteiger charge is -2.16. The fraction of sp³-hybridized carbons (Fsp3) is 0.615. The van der Waals surface area contributed by atoms with Crippen molar-refractivity contribution >= 4 is 9.84 Å². The maximum absolute atomic E-state index is 11.9. The molecule has 1 atom stereocenters. The van der Waals surface area contributed by atoms with E-state index in [1.807, 2.05) is 26.0 Å². The quantitative estimate of drug-likeness (QED) is 0.765. The van der Waals surface area contributed by atoms with Gasteiger partial charge in [-0.25, -0.2) is 8.42 Å². The Balaban J connectivity index is 2.34. The topological polar surface area (TPSA) is 59.1 Å². The number of sulfone groups is 1. The average Bonchev–Trinajstić information content (AvgIpc) is 2.35. The fourth-order valence-corrected chi connectivity index (χ4v) is 3.18. The molecule has 0 aromatic carbocycles. The van der Waals surface area contributed by atoms with E-state index in [0.29, 0.717) is 13.1 Å². The van der Waals surface area contributed by atoms with Crippen molar-refractivity contribution in [1.82, 2.24) is 10.3 Å². The van der Waals surface area contributed by atoms with Crippen LogP contribution in [-0.4, -0.2) is 30.9 Å². The van der Waals surface area contributed by atoms with Crippen LogP contribution in [0.15, 0.2) is 24.5 Å². The van der Waals surface area contributed by atoms with Gasteiger partial charge in [-0.2, -0.15) is 0 Å². The van der Waals surface area contributed by atoms with Crippen LogP contribution in [0.1, 0.15) is 26.3 Å². The molecular weight excluding hydrogens is 248 g/mol. The fourth-order valence-electron chi connectivity index (χ4n) is 1.55. The Kier molecular flexibility index (Phi) is 5.75. The molecule has 0 saturated heterocycles. The Labute approximate surface area is 110 Å². The molecule has 0 aliphatic rings. The zero-order valence-electron chi connectivity index (χ0n) is 11.3. The van der Waals surface area contributed by atoms with Gasteiger partial charge in [-0.1, -0.05) is 19.9 Å². The van der Waals surface area contributed by atoms with E-state index in [2.05, 4.69) is 10.3 Å². The lowest BCUT2D eigenvalue weighted by molar-refractivity contribution is 0.542. The number of aromatic nitrogens is 1. The van der Waals surface area contributed by atoms with Gasteiger partial charge in [0.05, 0.1) is 11.0 Å². The number of hydrogen-bond donors (Lipinski definition) is 1. The summed E-state index contributed by atoms with van der Waals surface area (Å²) < 4.78 is 23.9. The molecule has 0 fully saturated rings. The van der Waals surface area contributed by atoms with Gasteiger partial charge in [0.15, 0.2) is 9.84 Å². The normalized spacial score (nSPS) is 13.8. The monoisotopic (exact) mass is 270 g/mol. The minimum Gasteiger partial charge on any atom is -0.312 e. The molecule has 4 nitrogen and oxygen atoms in total. The third-order valence-corrected chi connectivity index (χ3v) is 5.57. The maximum atomic E-state index is 11.9. The van der Waals surface area contributed by atoms with Gasteiger partial charge >= 0.3 is 0 Å². The van der Waals surface area contributed by atoms with E-state index in [0.717, 1.165) is 5.56 Å². The van der Waals surface area contributed by atoms with Crippen LogP contribution in [-0.2, 0) is 16.4 Å². The van der Waals surface area contributed by atoms with Crippen molar-refractivity contribution in [3.63, 3.8) is 0 Å². The molecule has 0 spiro atoms. The lowest BCUT2D eigenvalue weighted by Crippen LogP contribution is -2.31. The van der Waals surface area contributed by atoms with Crippen LogP contribution in [0.5, 0.6) is 0 Å². The second kappa shape index (κ2) is 6.85. The molecule has 102 valence electrons. The van der Waals surface area contributed by atoms with Crippen molar-refractivity contribution in [3.8, 4) is 0 Å². The number of nitrogens with zero attached hydrogens (tertiary/aromatic N) is 1. The van der Waals surface area contributed by atoms with Gasteiger partial charge in [0.1, 0.15) is 0 Å². The Morgan fingerprint density at radius 1 is 1.33 bits per heavy atom. The zero-order valence-corrected chi connectivity index (χ0v) is 12.1. The number of hydrogen-bond acceptors (Lipinski definition) is 4. The largest absolute Gasteiger partial charge is 0.312 e. The van der Waals surface area contributed by atoms with Gasteiger partial charge in [0.2, 0.25) is 0 Å². The van der Waals surface area contributed by atoms with Crippen LogP contribution in [0.25, 0.3) is 0 Å². The molecule has 1 unspecified atom stereocenters. The first-order valence-electron chi connectivity index (χ1n) is 6.24. The molecule has 0 bridgehead atoms. The second-order valence-corrected chi connectivity index (χ2v) is 7.33. The molecule has 0 amide bonds. The van der Waals surface area contributed by atoms with E-state index >= 15 is 0 Å². The summed E-state index contributed by atoms with van der Waals surface area (Å²) in [6, 6.07) is 3.83. The molecule has 0 radical (unpaired) electrons. The Morgan fingerprint density at radius 2 is 2.06 bits per heavy atom. The van der Waals surface area contributed by atoms with Crippen molar-refractivity contribution in [2.75, 3.05) is 12.3 Å². The SMILES string of the molecule is CC(C)C(C)S(=O)(=O)CCNCc1cccnc1. The highest BCUT2D eigenvalue weighted by molar-refractivity contribution is 7.92. The van der Waals surface area contributed by atoms with Crippen molar-refractivity contribution in [1.29, 1.82) is 0 Å². The maximum Gasteiger partial charge on any atom is 0.154 e. The molecule has 18 heavy (non-hydrogen) atoms. The van der Waals surface area contributed by atoms with Crippen LogP contribution in [0, 0.1) is 5.92 Å². The third kappa shape index (κ3) is 4.74. The van der Waals surface area contributed by atoms with Crippen molar-refractivity contribution in [2.45, 2.75) is 32.6 Å². The summed E-state index contributed by atoms with van der Waals surface area (Å²) in [4.78, 5) is 4.01. The summed E-state index contributed by atoms with van der Waals surface area (Å²) in [5.41, 5.74) is 1.06. The molecule has 1 aromatic rings. The van der Waals surface area contributed by atoms with Crippen LogP contribution in [0.3, 0.4) is 0 Å². The molecular formula is C13H22N2O2S. The predicted octanol–water partition coefficient (Wildman–Crippen LogP) is 1.63. The van der Waals surface area contributed by atoms with E-state index in [9.17, 15) is 8.42 Å². The Hall–Kier alpha value is -0.940. The summed E-state index contributed by atoms with van der Waals surface area (Å²) in [7, 11) is -2.99. The van der Waals surface area contributed by atoms with Crippen LogP contribution in [0.2, 0.25) is 0 Å². The highest BCUT2D eigenvalue weighted by Crippen LogP contribution is 2.11.